The molecule has 0 saturated heterocycles. The first-order chi connectivity index (χ1) is 9.63. The van der Waals surface area contributed by atoms with Crippen LogP contribution in [0.25, 0.3) is 0 Å². The van der Waals surface area contributed by atoms with Crippen molar-refractivity contribution in [2.75, 3.05) is 4.90 Å². The van der Waals surface area contributed by atoms with E-state index in [1.54, 1.807) is 0 Å². The van der Waals surface area contributed by atoms with E-state index in [1.807, 2.05) is 13.1 Å². The van der Waals surface area contributed by atoms with Crippen molar-refractivity contribution in [1.29, 1.82) is 0 Å². The molecule has 2 N–H and O–H groups in total. The lowest BCUT2D eigenvalue weighted by Gasteiger charge is -2.19. The van der Waals surface area contributed by atoms with E-state index < -0.39 is 0 Å². The van der Waals surface area contributed by atoms with Gasteiger partial charge >= 0.3 is 0 Å². The largest absolute Gasteiger partial charge is 0.348 e. The second-order valence-electron chi connectivity index (χ2n) is 5.79. The van der Waals surface area contributed by atoms with Crippen molar-refractivity contribution >= 4 is 5.82 Å². The number of nitrogens with two attached hydrogens (primary N) is 1. The summed E-state index contributed by atoms with van der Waals surface area (Å²) in [6.45, 7) is 6.07. The number of rotatable bonds is 3. The molecule has 3 nitrogen and oxygen atoms in total. The molecule has 20 heavy (non-hydrogen) atoms. The zero-order chi connectivity index (χ0) is 14.1. The summed E-state index contributed by atoms with van der Waals surface area (Å²) < 4.78 is 0. The van der Waals surface area contributed by atoms with Gasteiger partial charge < -0.3 is 10.6 Å². The van der Waals surface area contributed by atoms with E-state index in [0.29, 0.717) is 0 Å². The molecule has 1 aliphatic rings. The first-order valence-electron chi connectivity index (χ1n) is 7.16. The highest BCUT2D eigenvalue weighted by Crippen LogP contribution is 2.29. The number of benzene rings is 1. The number of hydrogen-bond acceptors (Lipinski definition) is 3. The van der Waals surface area contributed by atoms with Crippen molar-refractivity contribution in [1.82, 2.24) is 4.98 Å². The zero-order valence-electron chi connectivity index (χ0n) is 12.1. The molecule has 0 spiro atoms. The van der Waals surface area contributed by atoms with Gasteiger partial charge in [0.05, 0.1) is 0 Å². The predicted octanol–water partition coefficient (Wildman–Crippen LogP) is 2.80. The number of aryl methyl sites for hydroxylation is 1. The summed E-state index contributed by atoms with van der Waals surface area (Å²) in [5, 5.41) is 0. The molecular weight excluding hydrogens is 246 g/mol. The van der Waals surface area contributed by atoms with E-state index in [1.165, 1.54) is 22.3 Å². The average Bonchev–Trinajstić information content (AvgIpc) is 2.81. The van der Waals surface area contributed by atoms with E-state index in [4.69, 9.17) is 5.73 Å². The van der Waals surface area contributed by atoms with Gasteiger partial charge in [-0.25, -0.2) is 4.98 Å². The Labute approximate surface area is 120 Å². The van der Waals surface area contributed by atoms with E-state index in [0.717, 1.165) is 25.3 Å². The van der Waals surface area contributed by atoms with Crippen LogP contribution in [0.3, 0.4) is 0 Å². The molecule has 104 valence electrons. The van der Waals surface area contributed by atoms with Crippen molar-refractivity contribution in [3.63, 3.8) is 0 Å². The summed E-state index contributed by atoms with van der Waals surface area (Å²) in [4.78, 5) is 7.01. The second kappa shape index (κ2) is 5.25. The third-order valence-electron chi connectivity index (χ3n) is 3.81. The lowest BCUT2D eigenvalue weighted by molar-refractivity contribution is 0.733. The minimum atomic E-state index is 0.179. The predicted molar refractivity (Wildman–Crippen MR) is 82.7 cm³/mol. The van der Waals surface area contributed by atoms with Crippen LogP contribution in [0.1, 0.15) is 29.2 Å². The normalized spacial score (nSPS) is 15.2. The Kier molecular flexibility index (Phi) is 3.45. The fraction of sp³-hybridized carbons (Fsp3) is 0.353. The quantitative estimate of drug-likeness (QED) is 0.930. The average molecular weight is 267 g/mol. The summed E-state index contributed by atoms with van der Waals surface area (Å²) in [6.07, 6.45) is 2.85. The number of fused-ring (bicyclic) bond motifs is 1. The van der Waals surface area contributed by atoms with Crippen molar-refractivity contribution < 1.29 is 0 Å². The fourth-order valence-electron chi connectivity index (χ4n) is 2.92. The van der Waals surface area contributed by atoms with Gasteiger partial charge in [-0.2, -0.15) is 0 Å². The third-order valence-corrected chi connectivity index (χ3v) is 3.81. The Bertz CT molecular complexity index is 594. The number of nitrogens with zero attached hydrogens (tertiary/aromatic N) is 2. The van der Waals surface area contributed by atoms with Crippen LogP contribution in [0, 0.1) is 6.92 Å². The molecule has 0 fully saturated rings. The fourth-order valence-corrected chi connectivity index (χ4v) is 2.92. The SMILES string of the molecule is Cc1cc(CC(C)N)cnc1N1Cc2ccccc2C1. The van der Waals surface area contributed by atoms with Gasteiger partial charge in [-0.05, 0) is 42.5 Å². The number of aromatic nitrogens is 1. The second-order valence-corrected chi connectivity index (χ2v) is 5.79. The van der Waals surface area contributed by atoms with Crippen LogP contribution in [0.5, 0.6) is 0 Å². The number of anilines is 1. The first kappa shape index (κ1) is 13.1. The lowest BCUT2D eigenvalue weighted by atomic mass is 10.1. The Balaban J connectivity index is 1.82. The van der Waals surface area contributed by atoms with Crippen LogP contribution < -0.4 is 10.6 Å². The van der Waals surface area contributed by atoms with E-state index in [2.05, 4.69) is 47.1 Å². The Hall–Kier alpha value is -1.87. The van der Waals surface area contributed by atoms with Crippen LogP contribution in [0.2, 0.25) is 0 Å². The standard InChI is InChI=1S/C17H21N3/c1-12-7-14(8-13(2)18)9-19-17(12)20-10-15-5-3-4-6-16(15)11-20/h3-7,9,13H,8,10-11,18H2,1-2H3. The van der Waals surface area contributed by atoms with E-state index >= 15 is 0 Å². The Morgan fingerprint density at radius 3 is 2.45 bits per heavy atom. The molecule has 1 atom stereocenters. The molecule has 3 heteroatoms. The first-order valence-corrected chi connectivity index (χ1v) is 7.16. The number of hydrogen-bond donors (Lipinski definition) is 1. The molecule has 2 heterocycles. The molecule has 0 aliphatic carbocycles. The number of pyridine rings is 1. The summed E-state index contributed by atoms with van der Waals surface area (Å²) in [5.41, 5.74) is 11.1. The van der Waals surface area contributed by atoms with Crippen LogP contribution in [0.15, 0.2) is 36.5 Å². The zero-order valence-corrected chi connectivity index (χ0v) is 12.1. The molecule has 0 saturated carbocycles. The monoisotopic (exact) mass is 267 g/mol. The van der Waals surface area contributed by atoms with Gasteiger partial charge in [0.15, 0.2) is 0 Å². The molecule has 2 aromatic rings. The maximum Gasteiger partial charge on any atom is 0.132 e. The van der Waals surface area contributed by atoms with Crippen molar-refractivity contribution in [2.45, 2.75) is 39.4 Å². The molecule has 1 aliphatic heterocycles. The van der Waals surface area contributed by atoms with Gasteiger partial charge in [0.25, 0.3) is 0 Å². The summed E-state index contributed by atoms with van der Waals surface area (Å²) in [7, 11) is 0. The smallest absolute Gasteiger partial charge is 0.132 e. The van der Waals surface area contributed by atoms with Gasteiger partial charge in [-0.1, -0.05) is 30.3 Å². The van der Waals surface area contributed by atoms with Crippen molar-refractivity contribution in [3.8, 4) is 0 Å². The maximum atomic E-state index is 5.85. The van der Waals surface area contributed by atoms with Gasteiger partial charge in [-0.3, -0.25) is 0 Å². The highest BCUT2D eigenvalue weighted by molar-refractivity contribution is 5.52. The van der Waals surface area contributed by atoms with Crippen molar-refractivity contribution in [3.05, 3.63) is 58.8 Å². The molecule has 0 radical (unpaired) electrons. The minimum Gasteiger partial charge on any atom is -0.348 e. The molecule has 1 aromatic heterocycles. The lowest BCUT2D eigenvalue weighted by Crippen LogP contribution is -2.20. The van der Waals surface area contributed by atoms with Crippen LogP contribution in [-0.2, 0) is 19.5 Å². The van der Waals surface area contributed by atoms with Crippen LogP contribution in [-0.4, -0.2) is 11.0 Å². The molecule has 0 bridgehead atoms. The Morgan fingerprint density at radius 1 is 1.25 bits per heavy atom. The van der Waals surface area contributed by atoms with Gasteiger partial charge in [-0.15, -0.1) is 0 Å². The summed E-state index contributed by atoms with van der Waals surface area (Å²) in [5.74, 6) is 1.09. The van der Waals surface area contributed by atoms with Gasteiger partial charge in [0.2, 0.25) is 0 Å². The van der Waals surface area contributed by atoms with Crippen molar-refractivity contribution in [2.24, 2.45) is 5.73 Å². The van der Waals surface area contributed by atoms with E-state index in [-0.39, 0.29) is 6.04 Å². The van der Waals surface area contributed by atoms with Gasteiger partial charge in [0, 0.05) is 25.3 Å². The maximum absolute atomic E-state index is 5.85. The summed E-state index contributed by atoms with van der Waals surface area (Å²) in [6, 6.07) is 11.0. The Morgan fingerprint density at radius 2 is 1.90 bits per heavy atom. The molecule has 1 unspecified atom stereocenters. The van der Waals surface area contributed by atoms with Crippen LogP contribution in [0.4, 0.5) is 5.82 Å². The molecule has 0 amide bonds. The van der Waals surface area contributed by atoms with Crippen LogP contribution >= 0.6 is 0 Å². The third kappa shape index (κ3) is 2.54. The minimum absolute atomic E-state index is 0.179. The summed E-state index contributed by atoms with van der Waals surface area (Å²) >= 11 is 0. The van der Waals surface area contributed by atoms with E-state index in [9.17, 15) is 0 Å². The highest BCUT2D eigenvalue weighted by atomic mass is 15.2. The molecule has 1 aromatic carbocycles. The van der Waals surface area contributed by atoms with Gasteiger partial charge in [0.1, 0.15) is 5.82 Å². The molecule has 3 rings (SSSR count). The molecular formula is C17H21N3. The topological polar surface area (TPSA) is 42.1 Å². The highest BCUT2D eigenvalue weighted by Gasteiger charge is 2.20.